The van der Waals surface area contributed by atoms with Crippen LogP contribution in [0.2, 0.25) is 0 Å². The third-order valence-electron chi connectivity index (χ3n) is 7.80. The van der Waals surface area contributed by atoms with E-state index in [0.717, 1.165) is 37.2 Å². The fraction of sp³-hybridized carbons (Fsp3) is 0.696. The van der Waals surface area contributed by atoms with Crippen LogP contribution in [-0.4, -0.2) is 47.3 Å². The molecule has 5 nitrogen and oxygen atoms in total. The Morgan fingerprint density at radius 2 is 2.07 bits per heavy atom. The smallest absolute Gasteiger partial charge is 0.173 e. The predicted molar refractivity (Wildman–Crippen MR) is 105 cm³/mol. The fourth-order valence-corrected chi connectivity index (χ4v) is 6.04. The maximum absolute atomic E-state index is 12.6. The Labute approximate surface area is 166 Å². The van der Waals surface area contributed by atoms with Crippen molar-refractivity contribution in [3.05, 3.63) is 23.3 Å². The number of hydrogen-bond donors (Lipinski definition) is 3. The number of Topliss-reactive ketones (excluding diaryl/α,β-unsaturated/α-hetero) is 1. The Hall–Kier alpha value is -1.59. The summed E-state index contributed by atoms with van der Waals surface area (Å²) in [6.07, 6.45) is 7.02. The molecule has 2 fully saturated rings. The number of phenols is 1. The quantitative estimate of drug-likeness (QED) is 0.735. The van der Waals surface area contributed by atoms with Gasteiger partial charge in [0.15, 0.2) is 23.4 Å². The van der Waals surface area contributed by atoms with Gasteiger partial charge in [0, 0.05) is 36.7 Å². The van der Waals surface area contributed by atoms with Crippen LogP contribution >= 0.6 is 0 Å². The normalized spacial score (nSPS) is 35.8. The lowest BCUT2D eigenvalue weighted by Crippen LogP contribution is -3.14. The third-order valence-corrected chi connectivity index (χ3v) is 7.80. The van der Waals surface area contributed by atoms with E-state index in [4.69, 9.17) is 4.74 Å². The van der Waals surface area contributed by atoms with Gasteiger partial charge >= 0.3 is 0 Å². The molecule has 0 radical (unpaired) electrons. The van der Waals surface area contributed by atoms with Crippen molar-refractivity contribution in [2.45, 2.75) is 75.5 Å². The average molecular weight is 387 g/mol. The number of nitrogens with one attached hydrogen (secondary N) is 1. The van der Waals surface area contributed by atoms with E-state index in [1.165, 1.54) is 29.8 Å². The monoisotopic (exact) mass is 386 g/mol. The minimum absolute atomic E-state index is 0.0514. The first-order chi connectivity index (χ1) is 13.4. The van der Waals surface area contributed by atoms with Crippen LogP contribution in [-0.2, 0) is 17.6 Å². The van der Waals surface area contributed by atoms with E-state index in [1.807, 2.05) is 6.07 Å². The number of carbonyl (C=O) groups is 1. The van der Waals surface area contributed by atoms with Gasteiger partial charge in [0.1, 0.15) is 0 Å². The van der Waals surface area contributed by atoms with Gasteiger partial charge in [-0.15, -0.1) is 0 Å². The zero-order valence-corrected chi connectivity index (χ0v) is 16.7. The number of benzene rings is 1. The molecule has 5 atom stereocenters. The van der Waals surface area contributed by atoms with Crippen LogP contribution in [0.25, 0.3) is 0 Å². The van der Waals surface area contributed by atoms with Crippen molar-refractivity contribution in [1.29, 1.82) is 0 Å². The van der Waals surface area contributed by atoms with E-state index in [9.17, 15) is 15.0 Å². The highest BCUT2D eigenvalue weighted by atomic mass is 16.5. The summed E-state index contributed by atoms with van der Waals surface area (Å²) in [5.41, 5.74) is 1.34. The van der Waals surface area contributed by atoms with Gasteiger partial charge in [0.2, 0.25) is 0 Å². The van der Waals surface area contributed by atoms with Crippen LogP contribution in [0.4, 0.5) is 0 Å². The van der Waals surface area contributed by atoms with Gasteiger partial charge < -0.3 is 19.8 Å². The first kappa shape index (κ1) is 18.4. The number of aliphatic hydroxyl groups is 1. The number of aromatic hydroxyl groups is 1. The molecule has 1 heterocycles. The van der Waals surface area contributed by atoms with Crippen molar-refractivity contribution in [3.63, 3.8) is 0 Å². The minimum Gasteiger partial charge on any atom is -0.504 e. The Morgan fingerprint density at radius 3 is 2.86 bits per heavy atom. The summed E-state index contributed by atoms with van der Waals surface area (Å²) in [6.45, 7) is 1.18. The predicted octanol–water partition coefficient (Wildman–Crippen LogP) is 1.43. The van der Waals surface area contributed by atoms with Crippen LogP contribution in [0.5, 0.6) is 11.5 Å². The number of carbonyl (C=O) groups excluding carboxylic acids is 1. The van der Waals surface area contributed by atoms with Crippen molar-refractivity contribution in [2.24, 2.45) is 11.8 Å². The summed E-state index contributed by atoms with van der Waals surface area (Å²) in [4.78, 5) is 14.1. The van der Waals surface area contributed by atoms with Gasteiger partial charge in [0.25, 0.3) is 0 Å². The van der Waals surface area contributed by atoms with E-state index >= 15 is 0 Å². The lowest BCUT2D eigenvalue weighted by Gasteiger charge is -2.45. The largest absolute Gasteiger partial charge is 0.504 e. The summed E-state index contributed by atoms with van der Waals surface area (Å²) >= 11 is 0. The molecule has 1 aliphatic heterocycles. The maximum Gasteiger partial charge on any atom is 0.173 e. The number of hydrogen-bond acceptors (Lipinski definition) is 4. The molecule has 3 N–H and O–H groups in total. The molecule has 4 aliphatic rings. The second kappa shape index (κ2) is 6.74. The Morgan fingerprint density at radius 1 is 1.25 bits per heavy atom. The molecule has 0 amide bonds. The Bertz CT molecular complexity index is 789. The number of ketones is 1. The lowest BCUT2D eigenvalue weighted by molar-refractivity contribution is -0.913. The first-order valence-electron chi connectivity index (χ1n) is 11.0. The highest BCUT2D eigenvalue weighted by Gasteiger charge is 2.52. The molecule has 6 bridgehead atoms. The molecule has 28 heavy (non-hydrogen) atoms. The number of ether oxygens (including phenoxy) is 1. The molecule has 1 aromatic rings. The van der Waals surface area contributed by atoms with Crippen LogP contribution in [0, 0.1) is 11.8 Å². The second-order valence-electron chi connectivity index (χ2n) is 9.74. The standard InChI is InChI=1S/C23H31NO4/c1-24(13-14-5-6-14)18-4-2-3-16-15-7-8-20(26)22(16)28-21-12-23(27,17(18)11-15)10-9-19(21)25/h7-8,14,17-18,21,26-27H,2-6,9-13H2,1H3/p+1. The van der Waals surface area contributed by atoms with Gasteiger partial charge in [-0.1, -0.05) is 6.07 Å². The average Bonchev–Trinajstić information content (AvgIpc) is 3.44. The molecule has 2 saturated carbocycles. The van der Waals surface area contributed by atoms with Crippen molar-refractivity contribution >= 4 is 5.78 Å². The SMILES string of the molecule is C[NH+](CC1CC1)C1CCCc2c3ccc(O)c2OC2CC(O)(CCC2=O)C1C3. The van der Waals surface area contributed by atoms with Crippen molar-refractivity contribution in [3.8, 4) is 11.5 Å². The number of phenolic OH excluding ortho intramolecular Hbond substituents is 1. The van der Waals surface area contributed by atoms with E-state index in [0.29, 0.717) is 31.1 Å². The van der Waals surface area contributed by atoms with E-state index in [1.54, 1.807) is 6.07 Å². The van der Waals surface area contributed by atoms with Gasteiger partial charge in [-0.2, -0.15) is 0 Å². The summed E-state index contributed by atoms with van der Waals surface area (Å²) in [7, 11) is 2.30. The molecule has 5 heteroatoms. The summed E-state index contributed by atoms with van der Waals surface area (Å²) in [5.74, 6) is 1.61. The van der Waals surface area contributed by atoms with Crippen LogP contribution in [0.15, 0.2) is 12.1 Å². The van der Waals surface area contributed by atoms with Gasteiger partial charge in [-0.25, -0.2) is 0 Å². The van der Waals surface area contributed by atoms with Crippen molar-refractivity contribution in [2.75, 3.05) is 13.6 Å². The maximum atomic E-state index is 12.6. The van der Waals surface area contributed by atoms with Crippen LogP contribution in [0.3, 0.4) is 0 Å². The van der Waals surface area contributed by atoms with E-state index < -0.39 is 11.7 Å². The van der Waals surface area contributed by atoms with Crippen molar-refractivity contribution in [1.82, 2.24) is 0 Å². The lowest BCUT2D eigenvalue weighted by atomic mass is 9.67. The molecular formula is C23H32NO4+. The number of fused-ring (bicyclic) bond motifs is 4. The second-order valence-corrected chi connectivity index (χ2v) is 9.74. The Kier molecular flexibility index (Phi) is 4.44. The molecular weight excluding hydrogens is 354 g/mol. The summed E-state index contributed by atoms with van der Waals surface area (Å²) in [6, 6.07) is 4.10. The van der Waals surface area contributed by atoms with Gasteiger partial charge in [-0.3, -0.25) is 4.79 Å². The third kappa shape index (κ3) is 3.13. The van der Waals surface area contributed by atoms with Crippen LogP contribution < -0.4 is 9.64 Å². The molecule has 5 rings (SSSR count). The van der Waals surface area contributed by atoms with E-state index in [-0.39, 0.29) is 17.5 Å². The van der Waals surface area contributed by atoms with Crippen molar-refractivity contribution < 1.29 is 24.6 Å². The molecule has 3 aliphatic carbocycles. The van der Waals surface area contributed by atoms with E-state index in [2.05, 4.69) is 7.05 Å². The molecule has 5 unspecified atom stereocenters. The molecule has 1 aromatic carbocycles. The van der Waals surface area contributed by atoms with Gasteiger partial charge in [0.05, 0.1) is 25.2 Å². The molecule has 0 aromatic heterocycles. The summed E-state index contributed by atoms with van der Waals surface area (Å²) < 4.78 is 6.12. The van der Waals surface area contributed by atoms with Gasteiger partial charge in [-0.05, 0) is 50.2 Å². The highest BCUT2D eigenvalue weighted by molar-refractivity contribution is 5.84. The zero-order chi connectivity index (χ0) is 19.5. The molecule has 152 valence electrons. The first-order valence-corrected chi connectivity index (χ1v) is 11.0. The fourth-order valence-electron chi connectivity index (χ4n) is 6.04. The topological polar surface area (TPSA) is 71.2 Å². The molecule has 0 saturated heterocycles. The Balaban J connectivity index is 1.60. The highest BCUT2D eigenvalue weighted by Crippen LogP contribution is 2.45. The zero-order valence-electron chi connectivity index (χ0n) is 16.7. The summed E-state index contributed by atoms with van der Waals surface area (Å²) in [5, 5.41) is 22.3. The van der Waals surface area contributed by atoms with Crippen LogP contribution in [0.1, 0.15) is 56.1 Å². The molecule has 0 spiro atoms. The number of quaternary nitrogens is 1. The number of rotatable bonds is 3. The minimum atomic E-state index is -0.884.